The molecule has 0 fully saturated rings. The van der Waals surface area contributed by atoms with Crippen molar-refractivity contribution in [3.05, 3.63) is 39.7 Å². The molecule has 21 heavy (non-hydrogen) atoms. The summed E-state index contributed by atoms with van der Waals surface area (Å²) in [5.74, 6) is 0.737. The van der Waals surface area contributed by atoms with Crippen LogP contribution < -0.4 is 5.32 Å². The number of thiazole rings is 1. The zero-order valence-electron chi connectivity index (χ0n) is 12.3. The van der Waals surface area contributed by atoms with Crippen molar-refractivity contribution in [2.75, 3.05) is 13.2 Å². The molecule has 114 valence electrons. The fourth-order valence-corrected chi connectivity index (χ4v) is 3.05. The summed E-state index contributed by atoms with van der Waals surface area (Å²) in [4.78, 5) is 17.3. The minimum atomic E-state index is -0.0420. The van der Waals surface area contributed by atoms with Gasteiger partial charge in [-0.25, -0.2) is 4.98 Å². The van der Waals surface area contributed by atoms with Gasteiger partial charge in [-0.15, -0.1) is 11.3 Å². The lowest BCUT2D eigenvalue weighted by Crippen LogP contribution is -2.32. The van der Waals surface area contributed by atoms with Gasteiger partial charge in [0.05, 0.1) is 23.4 Å². The van der Waals surface area contributed by atoms with Crippen molar-refractivity contribution in [3.63, 3.8) is 0 Å². The molecule has 0 unspecified atom stereocenters. The van der Waals surface area contributed by atoms with Crippen molar-refractivity contribution in [2.45, 2.75) is 26.7 Å². The molecular formula is C15H20N2O3S. The van der Waals surface area contributed by atoms with Crippen LogP contribution in [0, 0.1) is 19.8 Å². The smallest absolute Gasteiger partial charge is 0.225 e. The zero-order valence-corrected chi connectivity index (χ0v) is 13.1. The first-order valence-corrected chi connectivity index (χ1v) is 7.73. The van der Waals surface area contributed by atoms with E-state index >= 15 is 0 Å². The minimum Gasteiger partial charge on any atom is -0.469 e. The summed E-state index contributed by atoms with van der Waals surface area (Å²) < 4.78 is 5.26. The van der Waals surface area contributed by atoms with Gasteiger partial charge < -0.3 is 14.8 Å². The molecule has 1 atom stereocenters. The lowest BCUT2D eigenvalue weighted by atomic mass is 10.1. The Bertz CT molecular complexity index is 578. The molecule has 0 aliphatic heterocycles. The fourth-order valence-electron chi connectivity index (χ4n) is 2.12. The SMILES string of the molecule is Cc1nc(C)c(CC(=O)NC[C@H](CO)Cc2ccco2)s1. The highest BCUT2D eigenvalue weighted by Gasteiger charge is 2.14. The number of hydrogen-bond donors (Lipinski definition) is 2. The molecule has 0 saturated heterocycles. The lowest BCUT2D eigenvalue weighted by molar-refractivity contribution is -0.120. The highest BCUT2D eigenvalue weighted by molar-refractivity contribution is 7.11. The Kier molecular flexibility index (Phi) is 5.52. The average molecular weight is 308 g/mol. The van der Waals surface area contributed by atoms with Crippen molar-refractivity contribution in [1.82, 2.24) is 10.3 Å². The summed E-state index contributed by atoms with van der Waals surface area (Å²) in [6, 6.07) is 3.69. The van der Waals surface area contributed by atoms with Gasteiger partial charge in [-0.05, 0) is 26.0 Å². The Morgan fingerprint density at radius 3 is 2.90 bits per heavy atom. The summed E-state index contributed by atoms with van der Waals surface area (Å²) in [6.07, 6.45) is 2.57. The number of amides is 1. The van der Waals surface area contributed by atoms with E-state index in [1.165, 1.54) is 0 Å². The summed E-state index contributed by atoms with van der Waals surface area (Å²) in [5, 5.41) is 13.2. The van der Waals surface area contributed by atoms with Gasteiger partial charge in [-0.1, -0.05) is 0 Å². The third-order valence-electron chi connectivity index (χ3n) is 3.24. The molecule has 0 aliphatic rings. The molecule has 0 bridgehead atoms. The lowest BCUT2D eigenvalue weighted by Gasteiger charge is -2.13. The van der Waals surface area contributed by atoms with Gasteiger partial charge in [-0.3, -0.25) is 4.79 Å². The van der Waals surface area contributed by atoms with Gasteiger partial charge in [0.1, 0.15) is 5.76 Å². The van der Waals surface area contributed by atoms with E-state index in [1.807, 2.05) is 26.0 Å². The van der Waals surface area contributed by atoms with Gasteiger partial charge in [0.15, 0.2) is 0 Å². The van der Waals surface area contributed by atoms with Crippen LogP contribution in [-0.2, 0) is 17.6 Å². The largest absolute Gasteiger partial charge is 0.469 e. The van der Waals surface area contributed by atoms with E-state index in [1.54, 1.807) is 17.6 Å². The summed E-state index contributed by atoms with van der Waals surface area (Å²) in [6.45, 7) is 4.30. The van der Waals surface area contributed by atoms with E-state index in [9.17, 15) is 9.90 Å². The van der Waals surface area contributed by atoms with Gasteiger partial charge in [0, 0.05) is 30.4 Å². The van der Waals surface area contributed by atoms with Crippen LogP contribution in [0.5, 0.6) is 0 Å². The Balaban J connectivity index is 1.80. The fraction of sp³-hybridized carbons (Fsp3) is 0.467. The highest BCUT2D eigenvalue weighted by atomic mass is 32.1. The second-order valence-electron chi connectivity index (χ2n) is 5.05. The first-order chi connectivity index (χ1) is 10.1. The van der Waals surface area contributed by atoms with E-state index in [2.05, 4.69) is 10.3 Å². The second kappa shape index (κ2) is 7.38. The van der Waals surface area contributed by atoms with Crippen LogP contribution >= 0.6 is 11.3 Å². The molecule has 1 amide bonds. The van der Waals surface area contributed by atoms with Crippen LogP contribution in [-0.4, -0.2) is 29.1 Å². The quantitative estimate of drug-likeness (QED) is 0.818. The maximum Gasteiger partial charge on any atom is 0.225 e. The molecule has 2 rings (SSSR count). The second-order valence-corrected chi connectivity index (χ2v) is 6.34. The Morgan fingerprint density at radius 1 is 1.52 bits per heavy atom. The molecule has 2 N–H and O–H groups in total. The minimum absolute atomic E-state index is 0.0136. The first kappa shape index (κ1) is 15.7. The van der Waals surface area contributed by atoms with Crippen molar-refractivity contribution in [3.8, 4) is 0 Å². The van der Waals surface area contributed by atoms with E-state index in [0.717, 1.165) is 21.3 Å². The molecule has 0 saturated carbocycles. The number of aryl methyl sites for hydroxylation is 2. The number of aromatic nitrogens is 1. The number of nitrogens with zero attached hydrogens (tertiary/aromatic N) is 1. The molecule has 2 aromatic rings. The van der Waals surface area contributed by atoms with Crippen molar-refractivity contribution >= 4 is 17.2 Å². The number of carbonyl (C=O) groups is 1. The Morgan fingerprint density at radius 2 is 2.33 bits per heavy atom. The summed E-state index contributed by atoms with van der Waals surface area (Å²) in [7, 11) is 0. The van der Waals surface area contributed by atoms with Crippen LogP contribution in [0.3, 0.4) is 0 Å². The van der Waals surface area contributed by atoms with Crippen LogP contribution in [0.2, 0.25) is 0 Å². The number of furan rings is 1. The standard InChI is InChI=1S/C15H20N2O3S/c1-10-14(21-11(2)17-10)7-15(19)16-8-12(9-18)6-13-4-3-5-20-13/h3-5,12,18H,6-9H2,1-2H3,(H,16,19)/t12-/m1/s1. The predicted molar refractivity (Wildman–Crippen MR) is 81.3 cm³/mol. The van der Waals surface area contributed by atoms with Gasteiger partial charge in [0.25, 0.3) is 0 Å². The van der Waals surface area contributed by atoms with Crippen LogP contribution in [0.4, 0.5) is 0 Å². The monoisotopic (exact) mass is 308 g/mol. The molecule has 5 nitrogen and oxygen atoms in total. The topological polar surface area (TPSA) is 75.4 Å². The van der Waals surface area contributed by atoms with Crippen molar-refractivity contribution in [2.24, 2.45) is 5.92 Å². The highest BCUT2D eigenvalue weighted by Crippen LogP contribution is 2.17. The average Bonchev–Trinajstić information content (AvgIpc) is 3.05. The van der Waals surface area contributed by atoms with Gasteiger partial charge in [0.2, 0.25) is 5.91 Å². The molecule has 0 radical (unpaired) electrons. The molecule has 6 heteroatoms. The number of rotatable bonds is 7. The molecule has 0 aliphatic carbocycles. The number of carbonyl (C=O) groups excluding carboxylic acids is 1. The number of hydrogen-bond acceptors (Lipinski definition) is 5. The first-order valence-electron chi connectivity index (χ1n) is 6.91. The Labute approximate surface area is 128 Å². The molecule has 2 heterocycles. The third-order valence-corrected chi connectivity index (χ3v) is 4.31. The van der Waals surface area contributed by atoms with E-state index < -0.39 is 0 Å². The zero-order chi connectivity index (χ0) is 15.2. The van der Waals surface area contributed by atoms with Gasteiger partial charge in [-0.2, -0.15) is 0 Å². The van der Waals surface area contributed by atoms with Crippen LogP contribution in [0.15, 0.2) is 22.8 Å². The molecule has 0 aromatic carbocycles. The van der Waals surface area contributed by atoms with E-state index in [4.69, 9.17) is 4.42 Å². The summed E-state index contributed by atoms with van der Waals surface area (Å²) in [5.41, 5.74) is 0.918. The third kappa shape index (κ3) is 4.68. The molecule has 2 aromatic heterocycles. The van der Waals surface area contributed by atoms with Crippen molar-refractivity contribution in [1.29, 1.82) is 0 Å². The van der Waals surface area contributed by atoms with Crippen molar-refractivity contribution < 1.29 is 14.3 Å². The molecule has 0 spiro atoms. The van der Waals surface area contributed by atoms with E-state index in [0.29, 0.717) is 19.4 Å². The maximum atomic E-state index is 12.0. The number of nitrogens with one attached hydrogen (secondary N) is 1. The predicted octanol–water partition coefficient (Wildman–Crippen LogP) is 1.86. The van der Waals surface area contributed by atoms with Crippen LogP contribution in [0.1, 0.15) is 21.3 Å². The number of aliphatic hydroxyl groups excluding tert-OH is 1. The van der Waals surface area contributed by atoms with Crippen LogP contribution in [0.25, 0.3) is 0 Å². The van der Waals surface area contributed by atoms with E-state index in [-0.39, 0.29) is 18.4 Å². The van der Waals surface area contributed by atoms with Gasteiger partial charge >= 0.3 is 0 Å². The maximum absolute atomic E-state index is 12.0. The summed E-state index contributed by atoms with van der Waals surface area (Å²) >= 11 is 1.55. The normalized spacial score (nSPS) is 12.3. The Hall–Kier alpha value is -1.66. The molecular weight excluding hydrogens is 288 g/mol. The number of aliphatic hydroxyl groups is 1.